The van der Waals surface area contributed by atoms with Crippen molar-refractivity contribution in [3.8, 4) is 5.69 Å². The van der Waals surface area contributed by atoms with Crippen molar-refractivity contribution in [2.45, 2.75) is 38.1 Å². The van der Waals surface area contributed by atoms with E-state index in [0.717, 1.165) is 32.1 Å². The van der Waals surface area contributed by atoms with Crippen LogP contribution >= 0.6 is 0 Å². The van der Waals surface area contributed by atoms with E-state index in [0.29, 0.717) is 0 Å². The van der Waals surface area contributed by atoms with Crippen LogP contribution in [0.15, 0.2) is 151 Å². The molecule has 4 aliphatic rings. The molecule has 0 amide bonds. The van der Waals surface area contributed by atoms with Crippen molar-refractivity contribution in [3.63, 3.8) is 0 Å². The number of aryl methyl sites for hydroxylation is 1. The first-order valence-corrected chi connectivity index (χ1v) is 18.1. The Kier molecular flexibility index (Phi) is 6.07. The fraction of sp³-hybridized carbons (Fsp3) is 0.125. The van der Waals surface area contributed by atoms with Crippen molar-refractivity contribution >= 4 is 61.5 Å². The van der Waals surface area contributed by atoms with E-state index >= 15 is 0 Å². The molecule has 1 unspecified atom stereocenters. The summed E-state index contributed by atoms with van der Waals surface area (Å²) in [5, 5.41) is 6.82. The average Bonchev–Trinajstić information content (AvgIpc) is 3.70. The highest BCUT2D eigenvalue weighted by molar-refractivity contribution is 6.14. The van der Waals surface area contributed by atoms with E-state index < -0.39 is 0 Å². The van der Waals surface area contributed by atoms with Crippen molar-refractivity contribution in [2.75, 3.05) is 4.90 Å². The molecule has 2 nitrogen and oxygen atoms in total. The number of anilines is 2. The molecule has 3 aliphatic carbocycles. The van der Waals surface area contributed by atoms with E-state index in [2.05, 4.69) is 161 Å². The second kappa shape index (κ2) is 10.8. The Bertz CT molecular complexity index is 2680. The number of allylic oxidation sites excluding steroid dienone is 4. The van der Waals surface area contributed by atoms with Gasteiger partial charge in [0.2, 0.25) is 0 Å². The van der Waals surface area contributed by atoms with Gasteiger partial charge in [0.1, 0.15) is 0 Å². The van der Waals surface area contributed by atoms with Gasteiger partial charge < -0.3 is 9.47 Å². The van der Waals surface area contributed by atoms with Crippen LogP contribution in [0.5, 0.6) is 0 Å². The monoisotopic (exact) mass is 640 g/mol. The van der Waals surface area contributed by atoms with Gasteiger partial charge in [0, 0.05) is 39.3 Å². The summed E-state index contributed by atoms with van der Waals surface area (Å²) < 4.78 is 2.48. The van der Waals surface area contributed by atoms with E-state index in [-0.39, 0.29) is 6.04 Å². The molecule has 7 aromatic rings. The topological polar surface area (TPSA) is 8.17 Å². The van der Waals surface area contributed by atoms with Crippen LogP contribution < -0.4 is 4.90 Å². The molecule has 2 heteroatoms. The predicted molar refractivity (Wildman–Crippen MR) is 211 cm³/mol. The molecule has 0 bridgehead atoms. The summed E-state index contributed by atoms with van der Waals surface area (Å²) in [5.74, 6) is 0. The zero-order valence-electron chi connectivity index (χ0n) is 27.9. The zero-order valence-corrected chi connectivity index (χ0v) is 27.9. The van der Waals surface area contributed by atoms with Crippen LogP contribution in [-0.4, -0.2) is 10.6 Å². The maximum atomic E-state index is 2.61. The first-order chi connectivity index (χ1) is 24.8. The van der Waals surface area contributed by atoms with E-state index in [1.165, 1.54) is 94.2 Å². The number of fused-ring (bicyclic) bond motifs is 12. The number of hydrogen-bond acceptors (Lipinski definition) is 1. The Hall–Kier alpha value is -5.86. The number of hydrogen-bond donors (Lipinski definition) is 0. The Morgan fingerprint density at radius 2 is 1.38 bits per heavy atom. The second-order valence-electron chi connectivity index (χ2n) is 14.2. The summed E-state index contributed by atoms with van der Waals surface area (Å²) in [6.45, 7) is 0. The minimum absolute atomic E-state index is 0.275. The first kappa shape index (κ1) is 28.0. The van der Waals surface area contributed by atoms with Gasteiger partial charge in [0.15, 0.2) is 0 Å². The molecule has 11 rings (SSSR count). The molecule has 0 radical (unpaired) electrons. The lowest BCUT2D eigenvalue weighted by Crippen LogP contribution is -2.27. The van der Waals surface area contributed by atoms with Crippen molar-refractivity contribution in [1.29, 1.82) is 0 Å². The van der Waals surface area contributed by atoms with Gasteiger partial charge in [-0.15, -0.1) is 0 Å². The second-order valence-corrected chi connectivity index (χ2v) is 14.2. The smallest absolute Gasteiger partial charge is 0.0633 e. The molecule has 1 aliphatic heterocycles. The number of benzene rings is 6. The lowest BCUT2D eigenvalue weighted by atomic mass is 9.84. The molecule has 1 atom stereocenters. The molecule has 0 saturated heterocycles. The quantitative estimate of drug-likeness (QED) is 0.175. The molecule has 6 aromatic carbocycles. The lowest BCUT2D eigenvalue weighted by molar-refractivity contribution is 0.817. The summed E-state index contributed by atoms with van der Waals surface area (Å²) in [6, 6.07) is 45.3. The average molecular weight is 641 g/mol. The fourth-order valence-corrected chi connectivity index (χ4v) is 9.47. The third kappa shape index (κ3) is 4.02. The van der Waals surface area contributed by atoms with Gasteiger partial charge >= 0.3 is 0 Å². The summed E-state index contributed by atoms with van der Waals surface area (Å²) in [6.07, 6.45) is 17.5. The van der Waals surface area contributed by atoms with Gasteiger partial charge in [-0.1, -0.05) is 103 Å². The van der Waals surface area contributed by atoms with Crippen LogP contribution in [0.25, 0.3) is 55.9 Å². The van der Waals surface area contributed by atoms with Crippen molar-refractivity contribution < 1.29 is 0 Å². The van der Waals surface area contributed by atoms with E-state index in [4.69, 9.17) is 0 Å². The molecular formula is C48H36N2. The zero-order chi connectivity index (χ0) is 32.8. The molecule has 1 aromatic heterocycles. The summed E-state index contributed by atoms with van der Waals surface area (Å²) in [4.78, 5) is 2.61. The Morgan fingerprint density at radius 1 is 0.580 bits per heavy atom. The highest BCUT2D eigenvalue weighted by Gasteiger charge is 2.36. The van der Waals surface area contributed by atoms with Gasteiger partial charge in [-0.3, -0.25) is 0 Å². The first-order valence-electron chi connectivity index (χ1n) is 18.1. The van der Waals surface area contributed by atoms with Crippen molar-refractivity contribution in [1.82, 2.24) is 4.57 Å². The van der Waals surface area contributed by atoms with E-state index in [9.17, 15) is 0 Å². The van der Waals surface area contributed by atoms with Crippen LogP contribution in [0.4, 0.5) is 11.4 Å². The summed E-state index contributed by atoms with van der Waals surface area (Å²) >= 11 is 0. The molecule has 0 N–H and O–H groups in total. The molecule has 2 heterocycles. The van der Waals surface area contributed by atoms with Crippen LogP contribution in [0.3, 0.4) is 0 Å². The predicted octanol–water partition coefficient (Wildman–Crippen LogP) is 12.2. The Morgan fingerprint density at radius 3 is 2.30 bits per heavy atom. The highest BCUT2D eigenvalue weighted by atomic mass is 15.2. The normalized spacial score (nSPS) is 17.6. The fourth-order valence-electron chi connectivity index (χ4n) is 9.47. The van der Waals surface area contributed by atoms with Crippen LogP contribution in [0.1, 0.15) is 47.2 Å². The Labute approximate surface area is 292 Å². The third-order valence-electron chi connectivity index (χ3n) is 11.7. The third-order valence-corrected chi connectivity index (χ3v) is 11.7. The molecule has 0 spiro atoms. The van der Waals surface area contributed by atoms with Crippen LogP contribution in [0, 0.1) is 0 Å². The minimum Gasteiger partial charge on any atom is -0.333 e. The number of nitrogens with zero attached hydrogens (tertiary/aromatic N) is 2. The van der Waals surface area contributed by atoms with E-state index in [1.807, 2.05) is 0 Å². The lowest BCUT2D eigenvalue weighted by Gasteiger charge is -2.30. The molecule has 0 fully saturated rings. The maximum absolute atomic E-state index is 2.61. The van der Waals surface area contributed by atoms with Crippen LogP contribution in [-0.2, 0) is 12.8 Å². The largest absolute Gasteiger partial charge is 0.333 e. The Balaban J connectivity index is 1.02. The molecule has 238 valence electrons. The van der Waals surface area contributed by atoms with Crippen molar-refractivity contribution in [2.24, 2.45) is 0 Å². The van der Waals surface area contributed by atoms with Gasteiger partial charge in [-0.2, -0.15) is 0 Å². The van der Waals surface area contributed by atoms with Gasteiger partial charge in [0.25, 0.3) is 0 Å². The summed E-state index contributed by atoms with van der Waals surface area (Å²) in [5.41, 5.74) is 16.4. The maximum Gasteiger partial charge on any atom is 0.0633 e. The molecular weight excluding hydrogens is 605 g/mol. The minimum atomic E-state index is 0.275. The summed E-state index contributed by atoms with van der Waals surface area (Å²) in [7, 11) is 0. The standard InChI is InChI=1S/C48H36N2/c1-2-12-33(13-3-1)49-45-20-10-8-18-40(45)43-28-31(22-26-47(43)49)32-23-27-48-44(29-32)41-19-9-11-21-46(41)50(48)34-24-25-39-37-16-5-4-14-35(37)36-15-6-7-17-38(36)42(39)30-34/h1-3,5-13,15-21,23-25,28-30,48H,4,14,22,26-27H2. The number of para-hydroxylation sites is 3. The molecule has 0 saturated carbocycles. The van der Waals surface area contributed by atoms with Crippen molar-refractivity contribution in [3.05, 3.63) is 179 Å². The highest BCUT2D eigenvalue weighted by Crippen LogP contribution is 2.50. The van der Waals surface area contributed by atoms with E-state index in [1.54, 1.807) is 0 Å². The number of aromatic nitrogens is 1. The number of rotatable bonds is 3. The van der Waals surface area contributed by atoms with Gasteiger partial charge in [-0.05, 0) is 130 Å². The van der Waals surface area contributed by atoms with Crippen LogP contribution in [0.2, 0.25) is 0 Å². The van der Waals surface area contributed by atoms with Gasteiger partial charge in [-0.25, -0.2) is 0 Å². The SMILES string of the molecule is C1=Cc2c(c3ccccc3c3cc(N4c5ccccc5C5=CC(C6=Cc7c(n(-c8ccccc8)c8ccccc78)CC6)=CCC54)ccc23)CC1. The molecule has 50 heavy (non-hydrogen) atoms. The van der Waals surface area contributed by atoms with Gasteiger partial charge in [0.05, 0.1) is 11.6 Å².